The second-order valence-electron chi connectivity index (χ2n) is 7.94. The van der Waals surface area contributed by atoms with Crippen molar-refractivity contribution in [1.29, 1.82) is 0 Å². The molecule has 2 aromatic heterocycles. The highest BCUT2D eigenvalue weighted by atomic mass is 32.2. The number of thiazole rings is 1. The van der Waals surface area contributed by atoms with Crippen LogP contribution in [-0.2, 0) is 11.2 Å². The minimum Gasteiger partial charge on any atom is -0.491 e. The van der Waals surface area contributed by atoms with Gasteiger partial charge in [-0.2, -0.15) is 0 Å². The highest BCUT2D eigenvalue weighted by Crippen LogP contribution is 2.36. The molecule has 0 aliphatic heterocycles. The quantitative estimate of drug-likeness (QED) is 0.237. The molecule has 36 heavy (non-hydrogen) atoms. The average Bonchev–Trinajstić information content (AvgIpc) is 3.26. The predicted octanol–water partition coefficient (Wildman–Crippen LogP) is 7.23. The van der Waals surface area contributed by atoms with Gasteiger partial charge in [0.05, 0.1) is 12.3 Å². The lowest BCUT2D eigenvalue weighted by molar-refractivity contribution is 0.0697. The number of carboxylic acid groups (broad SMARTS) is 1. The van der Waals surface area contributed by atoms with Gasteiger partial charge in [-0.05, 0) is 36.8 Å². The lowest BCUT2D eigenvalue weighted by atomic mass is 10.0. The van der Waals surface area contributed by atoms with Crippen molar-refractivity contribution in [3.63, 3.8) is 0 Å². The molecule has 0 bridgehead atoms. The third kappa shape index (κ3) is 8.08. The molecule has 194 valence electrons. The van der Waals surface area contributed by atoms with Crippen molar-refractivity contribution < 1.29 is 19.4 Å². The summed E-state index contributed by atoms with van der Waals surface area (Å²) in [5.41, 5.74) is 2.54. The summed E-state index contributed by atoms with van der Waals surface area (Å²) in [6.07, 6.45) is 4.35. The normalized spacial score (nSPS) is 10.5. The molecule has 7 nitrogen and oxygen atoms in total. The SMILES string of the molecule is C=C(SC)c1cnc(Nc2nc(-c3cccc(OCCOC)c3)c(CC(C)C)s2)c(C(=O)O)c1.CC. The Hall–Kier alpha value is -2.88. The molecule has 3 aromatic rings. The molecule has 0 unspecified atom stereocenters. The van der Waals surface area contributed by atoms with E-state index in [0.29, 0.717) is 29.8 Å². The van der Waals surface area contributed by atoms with Crippen molar-refractivity contribution in [3.05, 3.63) is 59.1 Å². The number of rotatable bonds is 12. The molecule has 2 N–H and O–H groups in total. The molecule has 2 heterocycles. The second-order valence-corrected chi connectivity index (χ2v) is 9.92. The summed E-state index contributed by atoms with van der Waals surface area (Å²) in [5, 5.41) is 13.5. The summed E-state index contributed by atoms with van der Waals surface area (Å²) >= 11 is 2.95. The number of nitrogens with zero attached hydrogens (tertiary/aromatic N) is 2. The number of hydrogen-bond acceptors (Lipinski definition) is 8. The van der Waals surface area contributed by atoms with Gasteiger partial charge in [-0.1, -0.05) is 46.4 Å². The van der Waals surface area contributed by atoms with Crippen molar-refractivity contribution in [2.75, 3.05) is 31.9 Å². The Kier molecular flexibility index (Phi) is 11.9. The smallest absolute Gasteiger partial charge is 0.339 e. The van der Waals surface area contributed by atoms with Crippen molar-refractivity contribution in [1.82, 2.24) is 9.97 Å². The van der Waals surface area contributed by atoms with E-state index in [2.05, 4.69) is 30.7 Å². The number of anilines is 2. The number of thioether (sulfide) groups is 1. The standard InChI is InChI=1S/C25H29N3O4S2.C2H6/c1-15(2)11-21-22(17-7-6-8-19(12-17)32-10-9-31-4)27-25(34-21)28-23-20(24(29)30)13-18(14-26-23)16(3)33-5;1-2/h6-8,12-15H,3,9-11H2,1-2,4-5H3,(H,29,30)(H,26,27,28);1-2H3. The number of aromatic nitrogens is 2. The minimum absolute atomic E-state index is 0.0726. The van der Waals surface area contributed by atoms with Crippen molar-refractivity contribution in [2.45, 2.75) is 34.1 Å². The molecule has 0 atom stereocenters. The molecule has 0 aliphatic carbocycles. The first-order chi connectivity index (χ1) is 17.3. The fourth-order valence-electron chi connectivity index (χ4n) is 3.21. The Bertz CT molecular complexity index is 1160. The highest BCUT2D eigenvalue weighted by molar-refractivity contribution is 8.07. The Morgan fingerprint density at radius 3 is 2.64 bits per heavy atom. The fraction of sp³-hybridized carbons (Fsp3) is 0.370. The van der Waals surface area contributed by atoms with E-state index in [4.69, 9.17) is 14.5 Å². The molecular weight excluding hydrogens is 494 g/mol. The number of hydrogen-bond donors (Lipinski definition) is 2. The maximum atomic E-state index is 11.9. The van der Waals surface area contributed by atoms with Crippen LogP contribution in [0.3, 0.4) is 0 Å². The topological polar surface area (TPSA) is 93.6 Å². The zero-order chi connectivity index (χ0) is 26.7. The second kappa shape index (κ2) is 14.6. The fourth-order valence-corrected chi connectivity index (χ4v) is 4.76. The van der Waals surface area contributed by atoms with Gasteiger partial charge in [-0.25, -0.2) is 14.8 Å². The zero-order valence-corrected chi connectivity index (χ0v) is 23.4. The monoisotopic (exact) mass is 529 g/mol. The van der Waals surface area contributed by atoms with E-state index in [9.17, 15) is 9.90 Å². The summed E-state index contributed by atoms with van der Waals surface area (Å²) in [6.45, 7) is 13.2. The summed E-state index contributed by atoms with van der Waals surface area (Å²) in [7, 11) is 1.64. The number of aromatic carboxylic acids is 1. The first-order valence-corrected chi connectivity index (χ1v) is 13.8. The molecular formula is C27H35N3O4S2. The lowest BCUT2D eigenvalue weighted by Gasteiger charge is -2.09. The Labute approximate surface area is 222 Å². The summed E-state index contributed by atoms with van der Waals surface area (Å²) < 4.78 is 10.8. The largest absolute Gasteiger partial charge is 0.491 e. The van der Waals surface area contributed by atoms with Crippen LogP contribution in [0.1, 0.15) is 48.5 Å². The van der Waals surface area contributed by atoms with E-state index in [1.165, 1.54) is 23.1 Å². The predicted molar refractivity (Wildman–Crippen MR) is 152 cm³/mol. The maximum Gasteiger partial charge on any atom is 0.339 e. The first kappa shape index (κ1) is 29.4. The van der Waals surface area contributed by atoms with Gasteiger partial charge in [0.1, 0.15) is 23.7 Å². The zero-order valence-electron chi connectivity index (χ0n) is 21.8. The summed E-state index contributed by atoms with van der Waals surface area (Å²) in [5.74, 6) is 0.355. The van der Waals surface area contributed by atoms with E-state index >= 15 is 0 Å². The Morgan fingerprint density at radius 1 is 1.25 bits per heavy atom. The van der Waals surface area contributed by atoms with Crippen LogP contribution in [0, 0.1) is 5.92 Å². The molecule has 1 aromatic carbocycles. The molecule has 0 saturated heterocycles. The van der Waals surface area contributed by atoms with Gasteiger partial charge < -0.3 is 19.9 Å². The van der Waals surface area contributed by atoms with Crippen LogP contribution in [0.5, 0.6) is 5.75 Å². The summed E-state index contributed by atoms with van der Waals surface area (Å²) in [6, 6.07) is 9.38. The van der Waals surface area contributed by atoms with Crippen LogP contribution < -0.4 is 10.1 Å². The number of ether oxygens (including phenoxy) is 2. The van der Waals surface area contributed by atoms with E-state index < -0.39 is 5.97 Å². The Morgan fingerprint density at radius 2 is 2.00 bits per heavy atom. The van der Waals surface area contributed by atoms with Crippen molar-refractivity contribution in [3.8, 4) is 17.0 Å². The van der Waals surface area contributed by atoms with E-state index in [0.717, 1.165) is 33.2 Å². The van der Waals surface area contributed by atoms with Crippen LogP contribution in [0.4, 0.5) is 10.9 Å². The number of pyridine rings is 1. The lowest BCUT2D eigenvalue weighted by Crippen LogP contribution is -2.05. The van der Waals surface area contributed by atoms with E-state index in [1.54, 1.807) is 19.4 Å². The molecule has 0 amide bonds. The molecule has 0 saturated carbocycles. The highest BCUT2D eigenvalue weighted by Gasteiger charge is 2.19. The van der Waals surface area contributed by atoms with Crippen LogP contribution in [0.25, 0.3) is 16.2 Å². The number of nitrogens with one attached hydrogen (secondary N) is 1. The molecule has 3 rings (SSSR count). The van der Waals surface area contributed by atoms with Gasteiger partial charge in [0.15, 0.2) is 5.13 Å². The number of carbonyl (C=O) groups is 1. The van der Waals surface area contributed by atoms with Gasteiger partial charge in [-0.15, -0.1) is 23.1 Å². The molecule has 9 heteroatoms. The third-order valence-electron chi connectivity index (χ3n) is 4.87. The minimum atomic E-state index is -1.06. The molecule has 0 radical (unpaired) electrons. The number of carboxylic acids is 1. The Balaban J connectivity index is 0.00000222. The van der Waals surface area contributed by atoms with E-state index in [1.807, 2.05) is 44.4 Å². The van der Waals surface area contributed by atoms with Gasteiger partial charge in [0.25, 0.3) is 0 Å². The van der Waals surface area contributed by atoms with E-state index in [-0.39, 0.29) is 11.4 Å². The van der Waals surface area contributed by atoms with Crippen LogP contribution in [0.15, 0.2) is 43.1 Å². The van der Waals surface area contributed by atoms with Crippen LogP contribution >= 0.6 is 23.1 Å². The average molecular weight is 530 g/mol. The van der Waals surface area contributed by atoms with Crippen LogP contribution in [-0.4, -0.2) is 47.6 Å². The van der Waals surface area contributed by atoms with Crippen molar-refractivity contribution >= 4 is 44.9 Å². The molecule has 0 spiro atoms. The third-order valence-corrected chi connectivity index (χ3v) is 6.59. The number of benzene rings is 1. The first-order valence-electron chi connectivity index (χ1n) is 11.8. The summed E-state index contributed by atoms with van der Waals surface area (Å²) in [4.78, 5) is 22.9. The van der Waals surface area contributed by atoms with Crippen LogP contribution in [0.2, 0.25) is 0 Å². The van der Waals surface area contributed by atoms with Gasteiger partial charge in [0, 0.05) is 34.2 Å². The van der Waals surface area contributed by atoms with Gasteiger partial charge in [-0.3, -0.25) is 0 Å². The van der Waals surface area contributed by atoms with Crippen molar-refractivity contribution in [2.24, 2.45) is 5.92 Å². The maximum absolute atomic E-state index is 11.9. The van der Waals surface area contributed by atoms with Gasteiger partial charge >= 0.3 is 5.97 Å². The number of methoxy groups -OCH3 is 1. The molecule has 0 fully saturated rings. The van der Waals surface area contributed by atoms with Gasteiger partial charge in [0.2, 0.25) is 0 Å². The molecule has 0 aliphatic rings.